The first-order chi connectivity index (χ1) is 22.9. The van der Waals surface area contributed by atoms with Crippen molar-refractivity contribution in [2.45, 2.75) is 45.3 Å². The molecule has 252 valence electrons. The molecule has 0 radical (unpaired) electrons. The van der Waals surface area contributed by atoms with Gasteiger partial charge in [-0.05, 0) is 52.1 Å². The zero-order chi connectivity index (χ0) is 34.8. The molecule has 4 rings (SSSR count). The number of hydrogen-bond acceptors (Lipinski definition) is 5. The van der Waals surface area contributed by atoms with E-state index in [2.05, 4.69) is 5.32 Å². The smallest absolute Gasteiger partial charge is 0.254 e. The minimum atomic E-state index is -0.982. The van der Waals surface area contributed by atoms with Gasteiger partial charge < -0.3 is 26.0 Å². The Balaban J connectivity index is 1.68. The SMILES string of the molecule is CN(C(=O)c1cccc(CN)c1)[C@H](Cc1ccc(-c2ccccc2)cc1)C(=O)N(C)[C@H](Cc1ccc(F)cc1)C(=O)NCC(C)(C)CO. The van der Waals surface area contributed by atoms with Crippen LogP contribution in [0.25, 0.3) is 11.1 Å². The van der Waals surface area contributed by atoms with Gasteiger partial charge in [-0.1, -0.05) is 92.7 Å². The van der Waals surface area contributed by atoms with E-state index in [0.717, 1.165) is 22.3 Å². The number of nitrogens with one attached hydrogen (secondary N) is 1. The van der Waals surface area contributed by atoms with Gasteiger partial charge in [0.05, 0.1) is 0 Å². The zero-order valence-corrected chi connectivity index (χ0v) is 28.0. The fourth-order valence-corrected chi connectivity index (χ4v) is 5.39. The average molecular weight is 653 g/mol. The number of nitrogens with zero attached hydrogens (tertiary/aromatic N) is 2. The molecule has 9 heteroatoms. The number of nitrogens with two attached hydrogens (primary N) is 1. The van der Waals surface area contributed by atoms with Crippen LogP contribution in [0.3, 0.4) is 0 Å². The minimum absolute atomic E-state index is 0.114. The Morgan fingerprint density at radius 1 is 0.771 bits per heavy atom. The molecule has 0 aliphatic heterocycles. The minimum Gasteiger partial charge on any atom is -0.396 e. The van der Waals surface area contributed by atoms with E-state index >= 15 is 0 Å². The second-order valence-corrected chi connectivity index (χ2v) is 12.9. The molecule has 0 aliphatic rings. The standard InChI is InChI=1S/C39H45FN4O4/c1-39(2,26-45)25-42-36(46)34(22-28-15-19-33(40)20-16-28)43(3)38(48)35(44(4)37(47)32-12-8-9-29(21-32)24-41)23-27-13-17-31(18-14-27)30-10-6-5-7-11-30/h5-21,34-35,45H,22-26,41H2,1-4H3,(H,42,46)/t34-,35-/m1/s1. The summed E-state index contributed by atoms with van der Waals surface area (Å²) in [6.07, 6.45) is 0.308. The molecular formula is C39H45FN4O4. The molecule has 4 aromatic rings. The van der Waals surface area contributed by atoms with Crippen LogP contribution in [0.1, 0.15) is 40.9 Å². The molecule has 8 nitrogen and oxygen atoms in total. The first-order valence-corrected chi connectivity index (χ1v) is 16.0. The summed E-state index contributed by atoms with van der Waals surface area (Å²) >= 11 is 0. The van der Waals surface area contributed by atoms with Crippen LogP contribution in [0, 0.1) is 11.2 Å². The molecule has 0 bridgehead atoms. The third-order valence-electron chi connectivity index (χ3n) is 8.60. The van der Waals surface area contributed by atoms with E-state index in [4.69, 9.17) is 5.73 Å². The Hall–Kier alpha value is -4.86. The summed E-state index contributed by atoms with van der Waals surface area (Å²) in [5.74, 6) is -1.63. The van der Waals surface area contributed by atoms with Crippen molar-refractivity contribution in [2.24, 2.45) is 11.1 Å². The maximum absolute atomic E-state index is 14.5. The predicted octanol–water partition coefficient (Wildman–Crippen LogP) is 4.84. The number of rotatable bonds is 14. The van der Waals surface area contributed by atoms with Crippen molar-refractivity contribution >= 4 is 17.7 Å². The summed E-state index contributed by atoms with van der Waals surface area (Å²) in [7, 11) is 3.14. The van der Waals surface area contributed by atoms with Crippen molar-refractivity contribution in [1.82, 2.24) is 15.1 Å². The second-order valence-electron chi connectivity index (χ2n) is 12.9. The highest BCUT2D eigenvalue weighted by atomic mass is 19.1. The molecule has 48 heavy (non-hydrogen) atoms. The van der Waals surface area contributed by atoms with Crippen molar-refractivity contribution in [3.63, 3.8) is 0 Å². The van der Waals surface area contributed by atoms with Crippen molar-refractivity contribution in [2.75, 3.05) is 27.2 Å². The number of carbonyl (C=O) groups excluding carboxylic acids is 3. The summed E-state index contributed by atoms with van der Waals surface area (Å²) in [4.78, 5) is 44.9. The van der Waals surface area contributed by atoms with E-state index in [1.165, 1.54) is 21.9 Å². The number of halogens is 1. The third kappa shape index (κ3) is 9.36. The molecular weight excluding hydrogens is 607 g/mol. The lowest BCUT2D eigenvalue weighted by Gasteiger charge is -2.35. The van der Waals surface area contributed by atoms with Crippen LogP contribution >= 0.6 is 0 Å². The number of amides is 3. The number of carbonyl (C=O) groups is 3. The van der Waals surface area contributed by atoms with Crippen LogP contribution in [0.15, 0.2) is 103 Å². The van der Waals surface area contributed by atoms with Crippen molar-refractivity contribution in [3.05, 3.63) is 131 Å². The summed E-state index contributed by atoms with van der Waals surface area (Å²) in [5, 5.41) is 12.6. The number of likely N-dealkylation sites (N-methyl/N-ethyl adjacent to an activating group) is 2. The van der Waals surface area contributed by atoms with E-state index in [0.29, 0.717) is 11.1 Å². The normalized spacial score (nSPS) is 12.6. The highest BCUT2D eigenvalue weighted by Gasteiger charge is 2.36. The predicted molar refractivity (Wildman–Crippen MR) is 186 cm³/mol. The quantitative estimate of drug-likeness (QED) is 0.180. The van der Waals surface area contributed by atoms with Gasteiger partial charge in [-0.15, -0.1) is 0 Å². The lowest BCUT2D eigenvalue weighted by molar-refractivity contribution is -0.142. The summed E-state index contributed by atoms with van der Waals surface area (Å²) in [6, 6.07) is 28.6. The molecule has 0 aliphatic carbocycles. The molecule has 2 atom stereocenters. The van der Waals surface area contributed by atoms with Gasteiger partial charge in [0.1, 0.15) is 17.9 Å². The molecule has 0 saturated heterocycles. The monoisotopic (exact) mass is 652 g/mol. The Morgan fingerprint density at radius 3 is 1.96 bits per heavy atom. The summed E-state index contributed by atoms with van der Waals surface area (Å²) in [6.45, 7) is 3.93. The van der Waals surface area contributed by atoms with E-state index in [1.54, 1.807) is 44.4 Å². The number of aliphatic hydroxyl groups is 1. The second kappa shape index (κ2) is 16.3. The lowest BCUT2D eigenvalue weighted by Crippen LogP contribution is -2.56. The van der Waals surface area contributed by atoms with E-state index < -0.39 is 35.1 Å². The summed E-state index contributed by atoms with van der Waals surface area (Å²) < 4.78 is 13.7. The van der Waals surface area contributed by atoms with E-state index in [-0.39, 0.29) is 38.4 Å². The maximum atomic E-state index is 14.5. The third-order valence-corrected chi connectivity index (χ3v) is 8.60. The number of benzene rings is 4. The number of hydrogen-bond donors (Lipinski definition) is 3. The van der Waals surface area contributed by atoms with Crippen molar-refractivity contribution in [1.29, 1.82) is 0 Å². The van der Waals surface area contributed by atoms with Gasteiger partial charge in [0.2, 0.25) is 11.8 Å². The van der Waals surface area contributed by atoms with Gasteiger partial charge in [0, 0.05) is 57.6 Å². The molecule has 3 amide bonds. The summed E-state index contributed by atoms with van der Waals surface area (Å²) in [5.41, 5.74) is 10.00. The van der Waals surface area contributed by atoms with Gasteiger partial charge in [-0.25, -0.2) is 4.39 Å². The van der Waals surface area contributed by atoms with Crippen LogP contribution in [-0.4, -0.2) is 72.0 Å². The van der Waals surface area contributed by atoms with Gasteiger partial charge in [0.25, 0.3) is 5.91 Å². The van der Waals surface area contributed by atoms with Crippen molar-refractivity contribution < 1.29 is 23.9 Å². The fraction of sp³-hybridized carbons (Fsp3) is 0.308. The largest absolute Gasteiger partial charge is 0.396 e. The van der Waals surface area contributed by atoms with Crippen molar-refractivity contribution in [3.8, 4) is 11.1 Å². The van der Waals surface area contributed by atoms with Crippen LogP contribution in [0.4, 0.5) is 4.39 Å². The van der Waals surface area contributed by atoms with Gasteiger partial charge in [-0.2, -0.15) is 0 Å². The zero-order valence-electron chi connectivity index (χ0n) is 28.0. The number of aliphatic hydroxyl groups excluding tert-OH is 1. The topological polar surface area (TPSA) is 116 Å². The Labute approximate surface area is 282 Å². The van der Waals surface area contributed by atoms with E-state index in [9.17, 15) is 23.9 Å². The fourth-order valence-electron chi connectivity index (χ4n) is 5.39. The molecule has 0 heterocycles. The Kier molecular flexibility index (Phi) is 12.2. The Morgan fingerprint density at radius 2 is 1.35 bits per heavy atom. The molecule has 4 aromatic carbocycles. The van der Waals surface area contributed by atoms with Gasteiger partial charge in [-0.3, -0.25) is 14.4 Å². The van der Waals surface area contributed by atoms with Gasteiger partial charge >= 0.3 is 0 Å². The first-order valence-electron chi connectivity index (χ1n) is 16.0. The average Bonchev–Trinajstić information content (AvgIpc) is 3.12. The van der Waals surface area contributed by atoms with Gasteiger partial charge in [0.15, 0.2) is 0 Å². The molecule has 0 unspecified atom stereocenters. The first kappa shape index (κ1) is 36.0. The van der Waals surface area contributed by atoms with Crippen LogP contribution < -0.4 is 11.1 Å². The Bertz CT molecular complexity index is 1680. The molecule has 0 fully saturated rings. The maximum Gasteiger partial charge on any atom is 0.254 e. The lowest BCUT2D eigenvalue weighted by atomic mass is 9.94. The molecule has 4 N–H and O–H groups in total. The highest BCUT2D eigenvalue weighted by Crippen LogP contribution is 2.22. The highest BCUT2D eigenvalue weighted by molar-refractivity contribution is 5.98. The molecule has 0 spiro atoms. The molecule has 0 saturated carbocycles. The van der Waals surface area contributed by atoms with E-state index in [1.807, 2.05) is 74.5 Å². The van der Waals surface area contributed by atoms with Crippen LogP contribution in [-0.2, 0) is 29.0 Å². The van der Waals surface area contributed by atoms with Crippen LogP contribution in [0.5, 0.6) is 0 Å². The van der Waals surface area contributed by atoms with Crippen LogP contribution in [0.2, 0.25) is 0 Å². The molecule has 0 aromatic heterocycles.